The van der Waals surface area contributed by atoms with E-state index in [9.17, 15) is 14.9 Å². The summed E-state index contributed by atoms with van der Waals surface area (Å²) in [6.07, 6.45) is 3.98. The maximum Gasteiger partial charge on any atom is 0.411 e. The molecular formula is C36H43FN4O5. The molecule has 2 amide bonds. The van der Waals surface area contributed by atoms with Gasteiger partial charge < -0.3 is 19.5 Å². The van der Waals surface area contributed by atoms with Gasteiger partial charge in [-0.2, -0.15) is 5.26 Å². The molecule has 244 valence electrons. The molecule has 5 aliphatic rings. The van der Waals surface area contributed by atoms with Gasteiger partial charge in [-0.15, -0.1) is 0 Å². The molecule has 2 aromatic carbocycles. The normalized spacial score (nSPS) is 25.8. The lowest BCUT2D eigenvalue weighted by atomic mass is 9.73. The number of halogens is 1. The molecule has 9 nitrogen and oxygen atoms in total. The fraction of sp³-hybridized carbons (Fsp3) is 0.583. The van der Waals surface area contributed by atoms with E-state index in [1.54, 1.807) is 31.7 Å². The summed E-state index contributed by atoms with van der Waals surface area (Å²) in [7, 11) is 0. The summed E-state index contributed by atoms with van der Waals surface area (Å²) in [5.74, 6) is 0.122. The van der Waals surface area contributed by atoms with Gasteiger partial charge in [0.2, 0.25) is 5.91 Å². The lowest BCUT2D eigenvalue weighted by molar-refractivity contribution is -0.128. The van der Waals surface area contributed by atoms with Crippen molar-refractivity contribution in [3.05, 3.63) is 53.3 Å². The molecule has 0 aromatic heterocycles. The minimum atomic E-state index is -0.943. The summed E-state index contributed by atoms with van der Waals surface area (Å²) in [5, 5.41) is 12.7. The second-order valence-corrected chi connectivity index (χ2v) is 14.8. The third-order valence-electron chi connectivity index (χ3n) is 10.7. The molecule has 0 unspecified atom stereocenters. The molecule has 4 heterocycles. The van der Waals surface area contributed by atoms with Crippen LogP contribution in [-0.2, 0) is 26.1 Å². The van der Waals surface area contributed by atoms with Crippen molar-refractivity contribution in [3.63, 3.8) is 0 Å². The Morgan fingerprint density at radius 2 is 1.85 bits per heavy atom. The molecule has 4 fully saturated rings. The lowest BCUT2D eigenvalue weighted by Gasteiger charge is -2.44. The third-order valence-corrected chi connectivity index (χ3v) is 10.7. The number of rotatable bonds is 6. The smallest absolute Gasteiger partial charge is 0.411 e. The van der Waals surface area contributed by atoms with E-state index < -0.39 is 29.6 Å². The summed E-state index contributed by atoms with van der Waals surface area (Å²) in [6, 6.07) is 12.2. The van der Waals surface area contributed by atoms with Gasteiger partial charge in [-0.3, -0.25) is 14.6 Å². The number of carbonyl (C=O) groups is 2. The second kappa shape index (κ2) is 11.8. The molecule has 1 aliphatic carbocycles. The van der Waals surface area contributed by atoms with E-state index in [1.165, 1.54) is 11.6 Å². The largest absolute Gasteiger partial charge is 0.492 e. The van der Waals surface area contributed by atoms with Gasteiger partial charge in [0.05, 0.1) is 31.9 Å². The zero-order valence-corrected chi connectivity index (χ0v) is 26.9. The van der Waals surface area contributed by atoms with Crippen molar-refractivity contribution in [2.75, 3.05) is 32.9 Å². The number of nitriles is 1. The number of likely N-dealkylation sites (tertiary alicyclic amines) is 2. The van der Waals surface area contributed by atoms with Crippen molar-refractivity contribution in [1.29, 1.82) is 5.26 Å². The Hall–Kier alpha value is -3.68. The predicted molar refractivity (Wildman–Crippen MR) is 169 cm³/mol. The first-order chi connectivity index (χ1) is 22.0. The molecular weight excluding hydrogens is 587 g/mol. The van der Waals surface area contributed by atoms with E-state index in [0.717, 1.165) is 75.3 Å². The first-order valence-electron chi connectivity index (χ1n) is 16.6. The van der Waals surface area contributed by atoms with Crippen LogP contribution in [0.4, 0.5) is 9.18 Å². The van der Waals surface area contributed by atoms with E-state index in [2.05, 4.69) is 22.4 Å². The molecule has 2 bridgehead atoms. The molecule has 1 saturated carbocycles. The van der Waals surface area contributed by atoms with Gasteiger partial charge in [0.15, 0.2) is 0 Å². The highest BCUT2D eigenvalue weighted by Crippen LogP contribution is 2.47. The van der Waals surface area contributed by atoms with Crippen LogP contribution in [0.15, 0.2) is 36.4 Å². The minimum absolute atomic E-state index is 0.0191. The van der Waals surface area contributed by atoms with Crippen LogP contribution in [0.25, 0.3) is 11.1 Å². The Morgan fingerprint density at radius 3 is 2.52 bits per heavy atom. The molecule has 10 heteroatoms. The van der Waals surface area contributed by atoms with Crippen molar-refractivity contribution in [2.24, 2.45) is 5.92 Å². The van der Waals surface area contributed by atoms with Gasteiger partial charge in [0.1, 0.15) is 29.3 Å². The third kappa shape index (κ3) is 5.73. The van der Waals surface area contributed by atoms with E-state index in [0.29, 0.717) is 18.2 Å². The number of carbonyl (C=O) groups excluding carboxylic acids is 2. The first-order valence-corrected chi connectivity index (χ1v) is 16.6. The van der Waals surface area contributed by atoms with Crippen molar-refractivity contribution in [3.8, 4) is 22.9 Å². The summed E-state index contributed by atoms with van der Waals surface area (Å²) in [4.78, 5) is 30.5. The Kier molecular flexibility index (Phi) is 7.97. The number of hydrogen-bond donors (Lipinski definition) is 1. The first kappa shape index (κ1) is 30.9. The molecule has 46 heavy (non-hydrogen) atoms. The lowest BCUT2D eigenvalue weighted by Crippen LogP contribution is -2.55. The Labute approximate surface area is 270 Å². The van der Waals surface area contributed by atoms with Crippen molar-refractivity contribution in [1.82, 2.24) is 15.1 Å². The van der Waals surface area contributed by atoms with E-state index in [1.807, 2.05) is 18.2 Å². The summed E-state index contributed by atoms with van der Waals surface area (Å²) in [6.45, 7) is 9.74. The van der Waals surface area contributed by atoms with Crippen LogP contribution in [-0.4, -0.2) is 84.5 Å². The predicted octanol–water partition coefficient (Wildman–Crippen LogP) is 4.96. The SMILES string of the molecule is CC(C)(C)OC(=O)N1[C@@H]2CC[C@@H](C2)[C@H]1C(=O)N[C@H](C#N)Cc1ccc(-c2ccc3c(c2)C2(CCN(C4COC4)CC2)CO3)cc1F. The molecule has 0 radical (unpaired) electrons. The van der Waals surface area contributed by atoms with Crippen LogP contribution in [0.1, 0.15) is 64.0 Å². The Balaban J connectivity index is 1.03. The van der Waals surface area contributed by atoms with E-state index >= 15 is 4.39 Å². The molecule has 1 spiro atoms. The topological polar surface area (TPSA) is 104 Å². The van der Waals surface area contributed by atoms with Gasteiger partial charge in [-0.05, 0) is 107 Å². The zero-order valence-electron chi connectivity index (χ0n) is 26.9. The highest BCUT2D eigenvalue weighted by atomic mass is 19.1. The number of piperidine rings is 2. The van der Waals surface area contributed by atoms with Crippen molar-refractivity contribution in [2.45, 2.75) is 94.5 Å². The Morgan fingerprint density at radius 1 is 1.11 bits per heavy atom. The number of ether oxygens (including phenoxy) is 3. The number of fused-ring (bicyclic) bond motifs is 4. The second-order valence-electron chi connectivity index (χ2n) is 14.8. The molecule has 7 rings (SSSR count). The standard InChI is InChI=1S/C36H43FN4O5/c1-35(2,3)46-34(43)41-27-8-6-25(15-27)32(41)33(42)39-26(18-38)14-24-5-4-23(17-30(24)37)22-7-9-31-29(16-22)36(21-45-31)10-12-40(13-11-36)28-19-44-20-28/h4-5,7,9,16-17,25-28,32H,6,8,10-15,19-21H2,1-3H3,(H,39,42)/t25-,26-,27+,32-/m0/s1. The van der Waals surface area contributed by atoms with Crippen LogP contribution in [0.5, 0.6) is 5.75 Å². The van der Waals surface area contributed by atoms with Crippen LogP contribution < -0.4 is 10.1 Å². The van der Waals surface area contributed by atoms with Crippen molar-refractivity contribution < 1.29 is 28.2 Å². The molecule has 3 saturated heterocycles. The van der Waals surface area contributed by atoms with E-state index in [-0.39, 0.29) is 29.7 Å². The van der Waals surface area contributed by atoms with Gasteiger partial charge >= 0.3 is 6.09 Å². The maximum atomic E-state index is 15.6. The molecule has 2 aromatic rings. The molecule has 4 aliphatic heterocycles. The highest BCUT2D eigenvalue weighted by Gasteiger charge is 2.53. The fourth-order valence-corrected chi connectivity index (χ4v) is 8.11. The average Bonchev–Trinajstić information content (AvgIpc) is 3.71. The Bertz CT molecular complexity index is 1550. The van der Waals surface area contributed by atoms with Crippen LogP contribution in [0.2, 0.25) is 0 Å². The summed E-state index contributed by atoms with van der Waals surface area (Å²) < 4.78 is 32.7. The summed E-state index contributed by atoms with van der Waals surface area (Å²) >= 11 is 0. The number of amides is 2. The number of nitrogens with zero attached hydrogens (tertiary/aromatic N) is 3. The fourth-order valence-electron chi connectivity index (χ4n) is 8.11. The monoisotopic (exact) mass is 630 g/mol. The summed E-state index contributed by atoms with van der Waals surface area (Å²) in [5.41, 5.74) is 2.51. The van der Waals surface area contributed by atoms with E-state index in [4.69, 9.17) is 14.2 Å². The quantitative estimate of drug-likeness (QED) is 0.482. The number of benzene rings is 2. The minimum Gasteiger partial charge on any atom is -0.492 e. The van der Waals surface area contributed by atoms with Crippen LogP contribution >= 0.6 is 0 Å². The maximum absolute atomic E-state index is 15.6. The van der Waals surface area contributed by atoms with Gasteiger partial charge in [-0.1, -0.05) is 18.2 Å². The van der Waals surface area contributed by atoms with Gasteiger partial charge in [-0.25, -0.2) is 9.18 Å². The van der Waals surface area contributed by atoms with Gasteiger partial charge in [0.25, 0.3) is 0 Å². The van der Waals surface area contributed by atoms with Crippen LogP contribution in [0.3, 0.4) is 0 Å². The zero-order chi connectivity index (χ0) is 32.2. The number of hydrogen-bond acceptors (Lipinski definition) is 7. The average molecular weight is 631 g/mol. The molecule has 1 N–H and O–H groups in total. The highest BCUT2D eigenvalue weighted by molar-refractivity contribution is 5.87. The molecule has 4 atom stereocenters. The number of nitrogens with one attached hydrogen (secondary N) is 1. The van der Waals surface area contributed by atoms with Crippen molar-refractivity contribution >= 4 is 12.0 Å². The van der Waals surface area contributed by atoms with Crippen LogP contribution in [0, 0.1) is 23.1 Å². The van der Waals surface area contributed by atoms with Gasteiger partial charge in [0, 0.05) is 23.4 Å².